The average molecular weight is 333 g/mol. The van der Waals surface area contributed by atoms with Gasteiger partial charge in [-0.15, -0.1) is 0 Å². The lowest BCUT2D eigenvalue weighted by molar-refractivity contribution is 0.126. The first-order chi connectivity index (χ1) is 11.0. The van der Waals surface area contributed by atoms with Crippen LogP contribution >= 0.6 is 0 Å². The highest BCUT2D eigenvalue weighted by Crippen LogP contribution is 2.45. The number of β-amino-alcohol motifs (C(OH)–C–C–N with tert-alkyl or cyclic N) is 1. The van der Waals surface area contributed by atoms with Crippen LogP contribution in [0.5, 0.6) is 0 Å². The van der Waals surface area contributed by atoms with Gasteiger partial charge in [-0.1, -0.05) is 24.3 Å². The SMILES string of the molecule is CCS(=O)(=O)N1C[C@@H]([C@@H]2c3ccccc3-c3cncn32)[C@H](O)C1. The molecule has 0 amide bonds. The number of benzene rings is 1. The van der Waals surface area contributed by atoms with E-state index in [1.165, 1.54) is 4.31 Å². The van der Waals surface area contributed by atoms with Gasteiger partial charge in [0.1, 0.15) is 0 Å². The van der Waals surface area contributed by atoms with Crippen molar-refractivity contribution in [3.8, 4) is 11.3 Å². The number of aromatic nitrogens is 2. The molecule has 6 nitrogen and oxygen atoms in total. The second-order valence-corrected chi connectivity index (χ2v) is 8.42. The molecular weight excluding hydrogens is 314 g/mol. The third-order valence-corrected chi connectivity index (χ3v) is 6.80. The number of sulfonamides is 1. The Morgan fingerprint density at radius 2 is 2.09 bits per heavy atom. The Kier molecular flexibility index (Phi) is 3.33. The highest BCUT2D eigenvalue weighted by atomic mass is 32.2. The number of imidazole rings is 1. The van der Waals surface area contributed by atoms with Crippen molar-refractivity contribution in [2.75, 3.05) is 18.8 Å². The molecule has 0 unspecified atom stereocenters. The molecule has 7 heteroatoms. The van der Waals surface area contributed by atoms with Crippen LogP contribution < -0.4 is 0 Å². The fraction of sp³-hybridized carbons (Fsp3) is 0.438. The quantitative estimate of drug-likeness (QED) is 0.912. The lowest BCUT2D eigenvalue weighted by Crippen LogP contribution is -2.31. The van der Waals surface area contributed by atoms with Crippen molar-refractivity contribution in [2.24, 2.45) is 5.92 Å². The van der Waals surface area contributed by atoms with Crippen LogP contribution in [0.1, 0.15) is 18.5 Å². The van der Waals surface area contributed by atoms with Crippen molar-refractivity contribution < 1.29 is 13.5 Å². The molecule has 2 aromatic rings. The van der Waals surface area contributed by atoms with Crippen molar-refractivity contribution in [3.05, 3.63) is 42.4 Å². The zero-order chi connectivity index (χ0) is 16.2. The number of hydrogen-bond donors (Lipinski definition) is 1. The standard InChI is InChI=1S/C16H19N3O3S/c1-2-23(21,22)18-8-13(15(20)9-18)16-12-6-4-3-5-11(12)14-7-17-10-19(14)16/h3-7,10,13,15-16,20H,2,8-9H2,1H3/t13-,15-,16+/m1/s1. The van der Waals surface area contributed by atoms with Gasteiger partial charge in [-0.2, -0.15) is 4.31 Å². The minimum absolute atomic E-state index is 0.0595. The Labute approximate surface area is 135 Å². The molecular formula is C16H19N3O3S. The fourth-order valence-electron chi connectivity index (χ4n) is 3.81. The zero-order valence-corrected chi connectivity index (χ0v) is 13.6. The Morgan fingerprint density at radius 1 is 1.30 bits per heavy atom. The topological polar surface area (TPSA) is 75.4 Å². The van der Waals surface area contributed by atoms with E-state index in [2.05, 4.69) is 15.6 Å². The van der Waals surface area contributed by atoms with Crippen molar-refractivity contribution in [2.45, 2.75) is 19.1 Å². The summed E-state index contributed by atoms with van der Waals surface area (Å²) in [6.45, 7) is 2.14. The van der Waals surface area contributed by atoms with Gasteiger partial charge >= 0.3 is 0 Å². The number of rotatable bonds is 3. The van der Waals surface area contributed by atoms with Gasteiger partial charge in [0.2, 0.25) is 10.0 Å². The normalized spacial score (nSPS) is 27.1. The first-order valence-electron chi connectivity index (χ1n) is 7.80. The smallest absolute Gasteiger partial charge is 0.213 e. The molecule has 1 aromatic heterocycles. The third kappa shape index (κ3) is 2.14. The number of nitrogens with zero attached hydrogens (tertiary/aromatic N) is 3. The molecule has 2 aliphatic rings. The summed E-state index contributed by atoms with van der Waals surface area (Å²) in [6.07, 6.45) is 2.91. The molecule has 4 rings (SSSR count). The van der Waals surface area contributed by atoms with E-state index in [0.29, 0.717) is 6.54 Å². The Hall–Kier alpha value is -1.70. The maximum absolute atomic E-state index is 12.1. The van der Waals surface area contributed by atoms with Crippen LogP contribution in [0.2, 0.25) is 0 Å². The van der Waals surface area contributed by atoms with Crippen LogP contribution in [0.3, 0.4) is 0 Å². The van der Waals surface area contributed by atoms with E-state index in [-0.39, 0.29) is 24.3 Å². The Balaban J connectivity index is 1.75. The lowest BCUT2D eigenvalue weighted by Gasteiger charge is -2.24. The van der Waals surface area contributed by atoms with E-state index in [9.17, 15) is 13.5 Å². The minimum atomic E-state index is -3.29. The molecule has 0 saturated carbocycles. The highest BCUT2D eigenvalue weighted by molar-refractivity contribution is 7.89. The third-order valence-electron chi connectivity index (χ3n) is 4.98. The van der Waals surface area contributed by atoms with Crippen LogP contribution in [0.4, 0.5) is 0 Å². The number of hydrogen-bond acceptors (Lipinski definition) is 4. The van der Waals surface area contributed by atoms with Gasteiger partial charge in [-0.25, -0.2) is 13.4 Å². The summed E-state index contributed by atoms with van der Waals surface area (Å²) in [5, 5.41) is 10.5. The summed E-state index contributed by atoms with van der Waals surface area (Å²) < 4.78 is 27.8. The first-order valence-corrected chi connectivity index (χ1v) is 9.41. The molecule has 0 spiro atoms. The van der Waals surface area contributed by atoms with Gasteiger partial charge < -0.3 is 9.67 Å². The van der Waals surface area contributed by atoms with Crippen LogP contribution in [0.15, 0.2) is 36.8 Å². The van der Waals surface area contributed by atoms with Gasteiger partial charge in [0, 0.05) is 24.6 Å². The zero-order valence-electron chi connectivity index (χ0n) is 12.8. The number of fused-ring (bicyclic) bond motifs is 3. The number of aliphatic hydroxyl groups excluding tert-OH is 1. The summed E-state index contributed by atoms with van der Waals surface area (Å²) in [5.74, 6) is -0.114. The van der Waals surface area contributed by atoms with E-state index in [1.807, 2.05) is 24.4 Å². The molecule has 1 aromatic carbocycles. The van der Waals surface area contributed by atoms with Gasteiger partial charge in [0.25, 0.3) is 0 Å². The monoisotopic (exact) mass is 333 g/mol. The molecule has 0 radical (unpaired) electrons. The molecule has 122 valence electrons. The molecule has 1 saturated heterocycles. The second kappa shape index (κ2) is 5.15. The molecule has 23 heavy (non-hydrogen) atoms. The van der Waals surface area contributed by atoms with Crippen molar-refractivity contribution in [3.63, 3.8) is 0 Å². The summed E-state index contributed by atoms with van der Waals surface area (Å²) in [7, 11) is -3.29. The van der Waals surface area contributed by atoms with Gasteiger partial charge in [0.05, 0.1) is 36.1 Å². The maximum Gasteiger partial charge on any atom is 0.213 e. The lowest BCUT2D eigenvalue weighted by atomic mass is 9.90. The second-order valence-electron chi connectivity index (χ2n) is 6.17. The molecule has 3 atom stereocenters. The van der Waals surface area contributed by atoms with Crippen LogP contribution in [0, 0.1) is 5.92 Å². The molecule has 2 aliphatic heterocycles. The summed E-state index contributed by atoms with van der Waals surface area (Å²) in [6, 6.07) is 7.99. The van der Waals surface area contributed by atoms with E-state index in [1.54, 1.807) is 13.3 Å². The Morgan fingerprint density at radius 3 is 2.87 bits per heavy atom. The summed E-state index contributed by atoms with van der Waals surface area (Å²) >= 11 is 0. The highest BCUT2D eigenvalue weighted by Gasteiger charge is 2.45. The van der Waals surface area contributed by atoms with E-state index in [4.69, 9.17) is 0 Å². The molecule has 0 aliphatic carbocycles. The van der Waals surface area contributed by atoms with Gasteiger partial charge in [-0.3, -0.25) is 0 Å². The fourth-order valence-corrected chi connectivity index (χ4v) is 4.95. The predicted molar refractivity (Wildman–Crippen MR) is 86.3 cm³/mol. The molecule has 3 heterocycles. The van der Waals surface area contributed by atoms with Crippen molar-refractivity contribution in [1.29, 1.82) is 0 Å². The number of aliphatic hydroxyl groups is 1. The molecule has 1 N–H and O–H groups in total. The van der Waals surface area contributed by atoms with E-state index in [0.717, 1.165) is 16.8 Å². The first kappa shape index (κ1) is 14.9. The molecule has 0 bridgehead atoms. The average Bonchev–Trinajstić information content (AvgIpc) is 3.22. The maximum atomic E-state index is 12.1. The minimum Gasteiger partial charge on any atom is -0.391 e. The summed E-state index contributed by atoms with van der Waals surface area (Å²) in [4.78, 5) is 4.22. The van der Waals surface area contributed by atoms with Crippen molar-refractivity contribution >= 4 is 10.0 Å². The summed E-state index contributed by atoms with van der Waals surface area (Å²) in [5.41, 5.74) is 3.26. The Bertz CT molecular complexity index is 846. The van der Waals surface area contributed by atoms with Gasteiger partial charge in [0.15, 0.2) is 0 Å². The van der Waals surface area contributed by atoms with Crippen molar-refractivity contribution in [1.82, 2.24) is 13.9 Å². The predicted octanol–water partition coefficient (Wildman–Crippen LogP) is 1.10. The van der Waals surface area contributed by atoms with E-state index >= 15 is 0 Å². The van der Waals surface area contributed by atoms with Crippen LogP contribution in [-0.4, -0.2) is 52.3 Å². The van der Waals surface area contributed by atoms with Crippen LogP contribution in [-0.2, 0) is 10.0 Å². The van der Waals surface area contributed by atoms with Crippen LogP contribution in [0.25, 0.3) is 11.3 Å². The largest absolute Gasteiger partial charge is 0.391 e. The van der Waals surface area contributed by atoms with Gasteiger partial charge in [-0.05, 0) is 12.5 Å². The molecule has 1 fully saturated rings. The van der Waals surface area contributed by atoms with E-state index < -0.39 is 16.1 Å².